The maximum Gasteiger partial charge on any atom is 0.339 e. The molecule has 2 heterocycles. The van der Waals surface area contributed by atoms with Crippen LogP contribution in [0.3, 0.4) is 0 Å². The maximum absolute atomic E-state index is 11.6. The number of hydrogen-bond donors (Lipinski definition) is 3. The van der Waals surface area contributed by atoms with E-state index in [1.54, 1.807) is 31.2 Å². The number of fused-ring (bicyclic) bond motifs is 1. The third kappa shape index (κ3) is 2.89. The number of nitrogens with two attached hydrogens (primary N) is 1. The average molecular weight is 309 g/mol. The van der Waals surface area contributed by atoms with Gasteiger partial charge in [-0.05, 0) is 37.3 Å². The number of esters is 1. The molecule has 0 fully saturated rings. The molecule has 4 N–H and O–H groups in total. The number of amidine groups is 1. The number of H-pyrrole nitrogens is 1. The van der Waals surface area contributed by atoms with Gasteiger partial charge in [0.2, 0.25) is 0 Å². The molecule has 7 nitrogen and oxygen atoms in total. The van der Waals surface area contributed by atoms with Gasteiger partial charge in [0.1, 0.15) is 11.5 Å². The van der Waals surface area contributed by atoms with E-state index in [9.17, 15) is 4.79 Å². The highest BCUT2D eigenvalue weighted by Crippen LogP contribution is 2.20. The number of hydrogen-bond acceptors (Lipinski definition) is 5. The molecule has 0 spiro atoms. The van der Waals surface area contributed by atoms with Crippen molar-refractivity contribution in [3.63, 3.8) is 0 Å². The van der Waals surface area contributed by atoms with Gasteiger partial charge in [-0.15, -0.1) is 0 Å². The second kappa shape index (κ2) is 5.88. The molecule has 0 atom stereocenters. The van der Waals surface area contributed by atoms with Crippen molar-refractivity contribution in [2.45, 2.75) is 6.92 Å². The van der Waals surface area contributed by atoms with E-state index in [0.717, 1.165) is 5.52 Å². The summed E-state index contributed by atoms with van der Waals surface area (Å²) in [5.74, 6) is 0.173. The van der Waals surface area contributed by atoms with Crippen LogP contribution in [0.1, 0.15) is 22.8 Å². The molecule has 0 radical (unpaired) electrons. The molecule has 3 aromatic rings. The van der Waals surface area contributed by atoms with Gasteiger partial charge in [0.25, 0.3) is 0 Å². The fourth-order valence-corrected chi connectivity index (χ4v) is 2.16. The Labute approximate surface area is 132 Å². The van der Waals surface area contributed by atoms with Crippen LogP contribution in [0, 0.1) is 5.41 Å². The van der Waals surface area contributed by atoms with Gasteiger partial charge < -0.3 is 15.5 Å². The number of benzene rings is 1. The minimum Gasteiger partial charge on any atom is -0.462 e. The molecule has 0 aliphatic heterocycles. The van der Waals surface area contributed by atoms with E-state index in [-0.39, 0.29) is 5.84 Å². The number of carbonyl (C=O) groups is 1. The summed E-state index contributed by atoms with van der Waals surface area (Å²) in [5.41, 5.74) is 8.62. The molecular weight excluding hydrogens is 294 g/mol. The average Bonchev–Trinajstić information content (AvgIpc) is 2.98. The largest absolute Gasteiger partial charge is 0.462 e. The summed E-state index contributed by atoms with van der Waals surface area (Å²) >= 11 is 0. The van der Waals surface area contributed by atoms with Crippen molar-refractivity contribution in [3.05, 3.63) is 47.7 Å². The number of imidazole rings is 1. The topological polar surface area (TPSA) is 118 Å². The first kappa shape index (κ1) is 14.7. The standard InChI is InChI=1S/C16H15N5O2/c1-2-23-16(22)10-4-6-12(19-8-10)15-20-11-5-3-9(14(17)18)7-13(11)21-15/h3-8H,2H2,1H3,(H3,17,18)(H,20,21). The van der Waals surface area contributed by atoms with Crippen molar-refractivity contribution in [2.24, 2.45) is 5.73 Å². The number of pyridine rings is 1. The summed E-state index contributed by atoms with van der Waals surface area (Å²) in [6, 6.07) is 8.66. The van der Waals surface area contributed by atoms with Crippen molar-refractivity contribution in [3.8, 4) is 11.5 Å². The fourth-order valence-electron chi connectivity index (χ4n) is 2.16. The highest BCUT2D eigenvalue weighted by atomic mass is 16.5. The molecule has 0 saturated carbocycles. The zero-order valence-corrected chi connectivity index (χ0v) is 12.5. The lowest BCUT2D eigenvalue weighted by atomic mass is 10.2. The number of aromatic amines is 1. The van der Waals surface area contributed by atoms with Gasteiger partial charge in [-0.2, -0.15) is 0 Å². The van der Waals surface area contributed by atoms with E-state index in [4.69, 9.17) is 15.9 Å². The van der Waals surface area contributed by atoms with Gasteiger partial charge in [0.15, 0.2) is 5.82 Å². The van der Waals surface area contributed by atoms with Gasteiger partial charge in [0.05, 0.1) is 23.2 Å². The molecule has 23 heavy (non-hydrogen) atoms. The summed E-state index contributed by atoms with van der Waals surface area (Å²) in [6.45, 7) is 2.08. The third-order valence-corrected chi connectivity index (χ3v) is 3.31. The molecule has 1 aromatic carbocycles. The van der Waals surface area contributed by atoms with Crippen LogP contribution < -0.4 is 5.73 Å². The summed E-state index contributed by atoms with van der Waals surface area (Å²) in [7, 11) is 0. The highest BCUT2D eigenvalue weighted by molar-refractivity contribution is 5.98. The Hall–Kier alpha value is -3.22. The highest BCUT2D eigenvalue weighted by Gasteiger charge is 2.11. The van der Waals surface area contributed by atoms with Crippen LogP contribution in [0.25, 0.3) is 22.6 Å². The Bertz CT molecular complexity index is 883. The smallest absolute Gasteiger partial charge is 0.339 e. The van der Waals surface area contributed by atoms with Crippen LogP contribution >= 0.6 is 0 Å². The van der Waals surface area contributed by atoms with Gasteiger partial charge >= 0.3 is 5.97 Å². The van der Waals surface area contributed by atoms with Gasteiger partial charge in [-0.25, -0.2) is 9.78 Å². The van der Waals surface area contributed by atoms with Crippen LogP contribution in [0.4, 0.5) is 0 Å². The second-order valence-corrected chi connectivity index (χ2v) is 4.88. The zero-order valence-electron chi connectivity index (χ0n) is 12.5. The number of ether oxygens (including phenoxy) is 1. The molecule has 0 aliphatic rings. The summed E-state index contributed by atoms with van der Waals surface area (Å²) in [6.07, 6.45) is 1.46. The van der Waals surface area contributed by atoms with E-state index in [1.165, 1.54) is 6.20 Å². The summed E-state index contributed by atoms with van der Waals surface area (Å²) < 4.78 is 4.92. The Morgan fingerprint density at radius 3 is 2.74 bits per heavy atom. The molecule has 7 heteroatoms. The molecule has 0 bridgehead atoms. The Balaban J connectivity index is 1.93. The van der Waals surface area contributed by atoms with Crippen LogP contribution in [0.15, 0.2) is 36.5 Å². The zero-order chi connectivity index (χ0) is 16.4. The van der Waals surface area contributed by atoms with Gasteiger partial charge in [-0.3, -0.25) is 10.4 Å². The molecule has 3 rings (SSSR count). The Morgan fingerprint density at radius 2 is 2.09 bits per heavy atom. The number of carbonyl (C=O) groups excluding carboxylic acids is 1. The van der Waals surface area contributed by atoms with Crippen LogP contribution in [-0.2, 0) is 4.74 Å². The van der Waals surface area contributed by atoms with Crippen molar-refractivity contribution in [1.29, 1.82) is 5.41 Å². The molecule has 0 amide bonds. The monoisotopic (exact) mass is 309 g/mol. The first-order valence-corrected chi connectivity index (χ1v) is 7.06. The normalized spacial score (nSPS) is 10.7. The lowest BCUT2D eigenvalue weighted by Crippen LogP contribution is -2.10. The van der Waals surface area contributed by atoms with Crippen molar-refractivity contribution >= 4 is 22.8 Å². The van der Waals surface area contributed by atoms with Gasteiger partial charge in [-0.1, -0.05) is 0 Å². The Kier molecular flexibility index (Phi) is 3.76. The molecule has 0 aliphatic carbocycles. The fraction of sp³-hybridized carbons (Fsp3) is 0.125. The van der Waals surface area contributed by atoms with Crippen molar-refractivity contribution in [2.75, 3.05) is 6.61 Å². The maximum atomic E-state index is 11.6. The quantitative estimate of drug-likeness (QED) is 0.387. The summed E-state index contributed by atoms with van der Waals surface area (Å²) in [4.78, 5) is 23.5. The number of aromatic nitrogens is 3. The lowest BCUT2D eigenvalue weighted by molar-refractivity contribution is 0.0526. The molecule has 0 unspecified atom stereocenters. The number of nitrogen functional groups attached to an aromatic ring is 1. The number of rotatable bonds is 4. The predicted octanol–water partition coefficient (Wildman–Crippen LogP) is 2.09. The molecule has 0 saturated heterocycles. The third-order valence-electron chi connectivity index (χ3n) is 3.31. The minimum atomic E-state index is -0.401. The van der Waals surface area contributed by atoms with E-state index in [2.05, 4.69) is 15.0 Å². The van der Waals surface area contributed by atoms with E-state index in [0.29, 0.717) is 34.8 Å². The van der Waals surface area contributed by atoms with Crippen molar-refractivity contribution < 1.29 is 9.53 Å². The first-order chi connectivity index (χ1) is 11.1. The molecular formula is C16H15N5O2. The molecule has 116 valence electrons. The lowest BCUT2D eigenvalue weighted by Gasteiger charge is -2.01. The van der Waals surface area contributed by atoms with Crippen LogP contribution in [0.2, 0.25) is 0 Å². The molecule has 2 aromatic heterocycles. The van der Waals surface area contributed by atoms with Gasteiger partial charge in [0, 0.05) is 11.8 Å². The second-order valence-electron chi connectivity index (χ2n) is 4.88. The predicted molar refractivity (Wildman–Crippen MR) is 86.3 cm³/mol. The van der Waals surface area contributed by atoms with Crippen molar-refractivity contribution in [1.82, 2.24) is 15.0 Å². The van der Waals surface area contributed by atoms with E-state index in [1.807, 2.05) is 6.07 Å². The number of nitrogens with one attached hydrogen (secondary N) is 2. The SMILES string of the molecule is CCOC(=O)c1ccc(-c2nc3cc(C(=N)N)ccc3[nH]2)nc1. The first-order valence-electron chi connectivity index (χ1n) is 7.06. The van der Waals surface area contributed by atoms with Crippen LogP contribution in [-0.4, -0.2) is 33.4 Å². The Morgan fingerprint density at radius 1 is 1.30 bits per heavy atom. The van der Waals surface area contributed by atoms with E-state index < -0.39 is 5.97 Å². The van der Waals surface area contributed by atoms with Crippen LogP contribution in [0.5, 0.6) is 0 Å². The summed E-state index contributed by atoms with van der Waals surface area (Å²) in [5, 5.41) is 7.46. The van der Waals surface area contributed by atoms with E-state index >= 15 is 0 Å². The number of nitrogens with zero attached hydrogens (tertiary/aromatic N) is 2. The minimum absolute atomic E-state index is 0.00614.